The van der Waals surface area contributed by atoms with Gasteiger partial charge in [0.05, 0.1) is 0 Å². The van der Waals surface area contributed by atoms with Gasteiger partial charge >= 0.3 is 0 Å². The molecule has 3 nitrogen and oxygen atoms in total. The maximum absolute atomic E-state index is 11.6. The van der Waals surface area contributed by atoms with E-state index in [0.717, 1.165) is 11.4 Å². The second-order valence-corrected chi connectivity index (χ2v) is 6.34. The molecule has 19 heavy (non-hydrogen) atoms. The normalized spacial score (nSPS) is 11.5. The molecule has 0 aliphatic heterocycles. The molecule has 1 amide bonds. The van der Waals surface area contributed by atoms with Gasteiger partial charge in [-0.05, 0) is 47.9 Å². The third-order valence-electron chi connectivity index (χ3n) is 3.54. The fourth-order valence-corrected chi connectivity index (χ4v) is 2.23. The summed E-state index contributed by atoms with van der Waals surface area (Å²) in [7, 11) is 1.59. The molecule has 0 unspecified atom stereocenters. The van der Waals surface area contributed by atoms with E-state index in [0.29, 0.717) is 6.42 Å². The van der Waals surface area contributed by atoms with Crippen LogP contribution in [0.15, 0.2) is 12.1 Å². The second kappa shape index (κ2) is 5.74. The highest BCUT2D eigenvalue weighted by atomic mass is 16.2. The minimum atomic E-state index is -0.0290. The first kappa shape index (κ1) is 15.7. The van der Waals surface area contributed by atoms with Crippen molar-refractivity contribution in [3.05, 3.63) is 34.4 Å². The Kier molecular flexibility index (Phi) is 4.75. The first-order valence-corrected chi connectivity index (χ1v) is 6.74. The summed E-state index contributed by atoms with van der Waals surface area (Å²) in [5.74, 6) is 5.41. The van der Waals surface area contributed by atoms with Crippen LogP contribution in [0.3, 0.4) is 0 Å². The molecular weight excluding hydrogens is 236 g/mol. The van der Waals surface area contributed by atoms with E-state index in [-0.39, 0.29) is 11.3 Å². The highest BCUT2D eigenvalue weighted by Crippen LogP contribution is 2.27. The lowest BCUT2D eigenvalue weighted by molar-refractivity contribution is -0.130. The lowest BCUT2D eigenvalue weighted by atomic mass is 9.83. The minimum absolute atomic E-state index is 0.0290. The first-order chi connectivity index (χ1) is 8.62. The van der Waals surface area contributed by atoms with Crippen LogP contribution < -0.4 is 5.84 Å². The molecule has 0 saturated carbocycles. The summed E-state index contributed by atoms with van der Waals surface area (Å²) in [6, 6.07) is 4.47. The van der Waals surface area contributed by atoms with Crippen LogP contribution in [-0.4, -0.2) is 18.0 Å². The molecular formula is C16H26N2O. The highest BCUT2D eigenvalue weighted by molar-refractivity contribution is 5.75. The Morgan fingerprint density at radius 3 is 2.05 bits per heavy atom. The van der Waals surface area contributed by atoms with Crippen LogP contribution in [-0.2, 0) is 16.6 Å². The largest absolute Gasteiger partial charge is 0.284 e. The molecule has 0 saturated heterocycles. The number of nitrogens with zero attached hydrogens (tertiary/aromatic N) is 1. The quantitative estimate of drug-likeness (QED) is 0.517. The smallest absolute Gasteiger partial charge is 0.236 e. The lowest BCUT2D eigenvalue weighted by Gasteiger charge is -2.22. The summed E-state index contributed by atoms with van der Waals surface area (Å²) in [6.07, 6.45) is 1.21. The fourth-order valence-electron chi connectivity index (χ4n) is 2.23. The van der Waals surface area contributed by atoms with Crippen molar-refractivity contribution in [3.63, 3.8) is 0 Å². The van der Waals surface area contributed by atoms with Crippen LogP contribution in [0.5, 0.6) is 0 Å². The topological polar surface area (TPSA) is 46.3 Å². The van der Waals surface area contributed by atoms with Gasteiger partial charge < -0.3 is 0 Å². The summed E-state index contributed by atoms with van der Waals surface area (Å²) >= 11 is 0. The number of benzene rings is 1. The summed E-state index contributed by atoms with van der Waals surface area (Å²) < 4.78 is 0. The summed E-state index contributed by atoms with van der Waals surface area (Å²) in [5, 5.41) is 1.16. The zero-order chi connectivity index (χ0) is 14.8. The SMILES string of the molecule is Cc1cc(C(C)(C)C)cc(C)c1CCC(=O)N(C)N. The van der Waals surface area contributed by atoms with Crippen molar-refractivity contribution in [1.82, 2.24) is 5.01 Å². The Labute approximate surface area is 116 Å². The minimum Gasteiger partial charge on any atom is -0.284 e. The molecule has 1 aromatic carbocycles. The Balaban J connectivity index is 2.95. The van der Waals surface area contributed by atoms with Crippen LogP contribution in [0.1, 0.15) is 49.4 Å². The van der Waals surface area contributed by atoms with Gasteiger partial charge in [0, 0.05) is 13.5 Å². The van der Waals surface area contributed by atoms with Crippen LogP contribution in [0, 0.1) is 13.8 Å². The molecule has 0 radical (unpaired) electrons. The van der Waals surface area contributed by atoms with Gasteiger partial charge in [-0.15, -0.1) is 0 Å². The summed E-state index contributed by atoms with van der Waals surface area (Å²) in [6.45, 7) is 10.9. The van der Waals surface area contributed by atoms with Crippen molar-refractivity contribution in [1.29, 1.82) is 0 Å². The number of hydrazine groups is 1. The van der Waals surface area contributed by atoms with Crippen molar-refractivity contribution in [2.75, 3.05) is 7.05 Å². The van der Waals surface area contributed by atoms with Gasteiger partial charge in [0.2, 0.25) is 5.91 Å². The van der Waals surface area contributed by atoms with Gasteiger partial charge in [0.15, 0.2) is 0 Å². The number of amides is 1. The van der Waals surface area contributed by atoms with Crippen LogP contribution in [0.2, 0.25) is 0 Å². The molecule has 0 aromatic heterocycles. The van der Waals surface area contributed by atoms with Crippen molar-refractivity contribution in [3.8, 4) is 0 Å². The van der Waals surface area contributed by atoms with Crippen molar-refractivity contribution >= 4 is 5.91 Å². The molecule has 0 heterocycles. The zero-order valence-corrected chi connectivity index (χ0v) is 13.0. The standard InChI is InChI=1S/C16H26N2O/c1-11-9-13(16(3,4)5)10-12(2)14(11)7-8-15(19)18(6)17/h9-10H,7-8,17H2,1-6H3. The van der Waals surface area contributed by atoms with Gasteiger partial charge in [-0.25, -0.2) is 5.84 Å². The van der Waals surface area contributed by atoms with Gasteiger partial charge in [-0.2, -0.15) is 0 Å². The first-order valence-electron chi connectivity index (χ1n) is 6.74. The van der Waals surface area contributed by atoms with Crippen LogP contribution >= 0.6 is 0 Å². The maximum Gasteiger partial charge on any atom is 0.236 e. The molecule has 0 fully saturated rings. The Bertz CT molecular complexity index is 447. The molecule has 1 aromatic rings. The predicted octanol–water partition coefficient (Wildman–Crippen LogP) is 2.87. The van der Waals surface area contributed by atoms with E-state index in [1.807, 2.05) is 0 Å². The van der Waals surface area contributed by atoms with Crippen LogP contribution in [0.25, 0.3) is 0 Å². The second-order valence-electron chi connectivity index (χ2n) is 6.34. The van der Waals surface area contributed by atoms with E-state index in [1.165, 1.54) is 22.3 Å². The van der Waals surface area contributed by atoms with E-state index in [9.17, 15) is 4.79 Å². The van der Waals surface area contributed by atoms with Crippen molar-refractivity contribution < 1.29 is 4.79 Å². The van der Waals surface area contributed by atoms with Crippen LogP contribution in [0.4, 0.5) is 0 Å². The Hall–Kier alpha value is -1.35. The zero-order valence-electron chi connectivity index (χ0n) is 13.0. The molecule has 0 aliphatic carbocycles. The van der Waals surface area contributed by atoms with Gasteiger partial charge in [-0.1, -0.05) is 32.9 Å². The van der Waals surface area contributed by atoms with E-state index < -0.39 is 0 Å². The number of carbonyl (C=O) groups excluding carboxylic acids is 1. The van der Waals surface area contributed by atoms with E-state index >= 15 is 0 Å². The third kappa shape index (κ3) is 4.06. The molecule has 0 aliphatic rings. The average Bonchev–Trinajstić information content (AvgIpc) is 2.25. The number of carbonyl (C=O) groups is 1. The summed E-state index contributed by atoms with van der Waals surface area (Å²) in [5.41, 5.74) is 5.29. The molecule has 1 rings (SSSR count). The molecule has 3 heteroatoms. The lowest BCUT2D eigenvalue weighted by Crippen LogP contribution is -2.33. The number of hydrogen-bond acceptors (Lipinski definition) is 2. The van der Waals surface area contributed by atoms with Crippen molar-refractivity contribution in [2.45, 2.75) is 52.9 Å². The Morgan fingerprint density at radius 1 is 1.21 bits per heavy atom. The molecule has 2 N–H and O–H groups in total. The Morgan fingerprint density at radius 2 is 1.68 bits per heavy atom. The van der Waals surface area contributed by atoms with Gasteiger partial charge in [0.25, 0.3) is 0 Å². The number of aryl methyl sites for hydroxylation is 2. The third-order valence-corrected chi connectivity index (χ3v) is 3.54. The average molecular weight is 262 g/mol. The van der Waals surface area contributed by atoms with Gasteiger partial charge in [-0.3, -0.25) is 9.80 Å². The van der Waals surface area contributed by atoms with Gasteiger partial charge in [0.1, 0.15) is 0 Å². The van der Waals surface area contributed by atoms with E-state index in [2.05, 4.69) is 46.8 Å². The maximum atomic E-state index is 11.6. The number of nitrogens with two attached hydrogens (primary N) is 1. The molecule has 0 bridgehead atoms. The molecule has 106 valence electrons. The summed E-state index contributed by atoms with van der Waals surface area (Å²) in [4.78, 5) is 11.6. The van der Waals surface area contributed by atoms with E-state index in [1.54, 1.807) is 7.05 Å². The predicted molar refractivity (Wildman–Crippen MR) is 79.9 cm³/mol. The molecule has 0 spiro atoms. The highest BCUT2D eigenvalue weighted by Gasteiger charge is 2.16. The molecule has 0 atom stereocenters. The van der Waals surface area contributed by atoms with Crippen molar-refractivity contribution in [2.24, 2.45) is 5.84 Å². The monoisotopic (exact) mass is 262 g/mol. The fraction of sp³-hybridized carbons (Fsp3) is 0.562. The number of rotatable bonds is 3. The number of hydrogen-bond donors (Lipinski definition) is 1. The van der Waals surface area contributed by atoms with E-state index in [4.69, 9.17) is 5.84 Å².